The summed E-state index contributed by atoms with van der Waals surface area (Å²) in [5.41, 5.74) is 1.32. The molecule has 1 spiro atoms. The number of anilines is 1. The van der Waals surface area contributed by atoms with Gasteiger partial charge in [0, 0.05) is 5.69 Å². The van der Waals surface area contributed by atoms with E-state index in [4.69, 9.17) is 9.47 Å². The van der Waals surface area contributed by atoms with Gasteiger partial charge in [-0.1, -0.05) is 37.3 Å². The van der Waals surface area contributed by atoms with E-state index in [0.29, 0.717) is 6.54 Å². The lowest BCUT2D eigenvalue weighted by Gasteiger charge is -2.24. The molecule has 0 radical (unpaired) electrons. The second kappa shape index (κ2) is 5.70. The maximum atomic E-state index is 13.2. The van der Waals surface area contributed by atoms with Crippen LogP contribution in [0.2, 0.25) is 0 Å². The van der Waals surface area contributed by atoms with Gasteiger partial charge in [-0.15, -0.1) is 0 Å². The Bertz CT molecular complexity index is 756. The Morgan fingerprint density at radius 2 is 2.16 bits per heavy atom. The summed E-state index contributed by atoms with van der Waals surface area (Å²) in [4.78, 5) is 27.6. The number of carbonyl (C=O) groups excluding carboxylic acids is 2. The fourth-order valence-corrected chi connectivity index (χ4v) is 4.36. The lowest BCUT2D eigenvalue weighted by molar-refractivity contribution is -0.156. The van der Waals surface area contributed by atoms with Gasteiger partial charge in [0.15, 0.2) is 0 Å². The Hall–Kier alpha value is -2.14. The molecule has 1 aromatic carbocycles. The van der Waals surface area contributed by atoms with E-state index in [1.54, 1.807) is 4.90 Å². The number of amides is 1. The fraction of sp³-hybridized carbons (Fsp3) is 0.500. The van der Waals surface area contributed by atoms with Gasteiger partial charge in [-0.25, -0.2) is 0 Å². The molecule has 132 valence electrons. The van der Waals surface area contributed by atoms with Crippen molar-refractivity contribution in [2.45, 2.75) is 45.0 Å². The van der Waals surface area contributed by atoms with Gasteiger partial charge in [-0.3, -0.25) is 9.59 Å². The summed E-state index contributed by atoms with van der Waals surface area (Å²) in [6, 6.07) is 7.91. The van der Waals surface area contributed by atoms with Crippen LogP contribution in [0.3, 0.4) is 0 Å². The normalized spacial score (nSPS) is 32.6. The molecule has 5 nitrogen and oxygen atoms in total. The summed E-state index contributed by atoms with van der Waals surface area (Å²) in [5.74, 6) is -1.44. The van der Waals surface area contributed by atoms with E-state index >= 15 is 0 Å². The van der Waals surface area contributed by atoms with E-state index in [9.17, 15) is 9.59 Å². The third-order valence-electron chi connectivity index (χ3n) is 5.39. The van der Waals surface area contributed by atoms with Crippen molar-refractivity contribution in [1.82, 2.24) is 0 Å². The first-order valence-electron chi connectivity index (χ1n) is 8.94. The maximum absolute atomic E-state index is 13.2. The molecule has 25 heavy (non-hydrogen) atoms. The highest BCUT2D eigenvalue weighted by atomic mass is 16.6. The van der Waals surface area contributed by atoms with Crippen molar-refractivity contribution in [3.8, 4) is 0 Å². The number of rotatable bonds is 4. The number of hydrogen-bond donors (Lipinski definition) is 0. The second-order valence-electron chi connectivity index (χ2n) is 7.29. The molecule has 3 aliphatic rings. The van der Waals surface area contributed by atoms with E-state index < -0.39 is 17.4 Å². The van der Waals surface area contributed by atoms with E-state index in [-0.39, 0.29) is 24.1 Å². The van der Waals surface area contributed by atoms with E-state index in [2.05, 4.69) is 6.92 Å². The maximum Gasteiger partial charge on any atom is 0.313 e. The molecule has 4 rings (SSSR count). The average molecular weight is 341 g/mol. The minimum absolute atomic E-state index is 0.0431. The number of fused-ring (bicyclic) bond motifs is 1. The van der Waals surface area contributed by atoms with Crippen LogP contribution in [0.1, 0.15) is 26.3 Å². The number of ether oxygens (including phenoxy) is 2. The summed E-state index contributed by atoms with van der Waals surface area (Å²) in [6.07, 6.45) is 4.15. The van der Waals surface area contributed by atoms with Crippen LogP contribution in [0.5, 0.6) is 0 Å². The molecule has 1 amide bonds. The molecular weight excluding hydrogens is 318 g/mol. The van der Waals surface area contributed by atoms with E-state index in [1.807, 2.05) is 50.3 Å². The van der Waals surface area contributed by atoms with Crippen molar-refractivity contribution >= 4 is 17.6 Å². The molecule has 0 aliphatic carbocycles. The zero-order valence-corrected chi connectivity index (χ0v) is 14.8. The van der Waals surface area contributed by atoms with Gasteiger partial charge >= 0.3 is 5.97 Å². The topological polar surface area (TPSA) is 55.8 Å². The minimum Gasteiger partial charge on any atom is -0.463 e. The highest BCUT2D eigenvalue weighted by molar-refractivity contribution is 6.03. The van der Waals surface area contributed by atoms with Gasteiger partial charge in [0.05, 0.1) is 24.7 Å². The summed E-state index contributed by atoms with van der Waals surface area (Å²) in [5, 5.41) is 0. The first kappa shape index (κ1) is 16.3. The molecule has 4 atom stereocenters. The van der Waals surface area contributed by atoms with Crippen molar-refractivity contribution in [1.29, 1.82) is 0 Å². The number of benzene rings is 1. The largest absolute Gasteiger partial charge is 0.463 e. The van der Waals surface area contributed by atoms with Crippen LogP contribution in [0.15, 0.2) is 36.4 Å². The van der Waals surface area contributed by atoms with Crippen molar-refractivity contribution < 1.29 is 19.1 Å². The summed E-state index contributed by atoms with van der Waals surface area (Å²) < 4.78 is 11.5. The molecular formula is C20H23NO4. The Morgan fingerprint density at radius 3 is 2.88 bits per heavy atom. The van der Waals surface area contributed by atoms with Crippen LogP contribution in [0.25, 0.3) is 0 Å². The lowest BCUT2D eigenvalue weighted by atomic mass is 9.77. The summed E-state index contributed by atoms with van der Waals surface area (Å²) in [6.45, 7) is 6.16. The molecule has 0 N–H and O–H groups in total. The molecule has 0 saturated carbocycles. The highest BCUT2D eigenvalue weighted by Crippen LogP contribution is 2.53. The lowest BCUT2D eigenvalue weighted by Crippen LogP contribution is -2.40. The van der Waals surface area contributed by atoms with Gasteiger partial charge < -0.3 is 14.4 Å². The number of nitrogens with zero attached hydrogens (tertiary/aromatic N) is 1. The molecule has 2 fully saturated rings. The SMILES string of the molecule is CCc1ccccc1N1C[C@@]23C=C[C@@H](O2)[C@@H](C(=O)OC(C)C)[C@H]3C1=O. The minimum atomic E-state index is -0.705. The van der Waals surface area contributed by atoms with Crippen molar-refractivity contribution in [2.75, 3.05) is 11.4 Å². The third kappa shape index (κ3) is 2.33. The quantitative estimate of drug-likeness (QED) is 0.624. The van der Waals surface area contributed by atoms with Crippen LogP contribution >= 0.6 is 0 Å². The van der Waals surface area contributed by atoms with Crippen LogP contribution in [0, 0.1) is 11.8 Å². The standard InChI is InChI=1S/C20H23NO4/c1-4-13-7-5-6-8-14(13)21-11-20-10-9-15(25-20)16(17(20)18(21)22)19(23)24-12(2)3/h5-10,12,15-17H,4,11H2,1-3H3/t15-,16-,17+,20-/m1/s1. The molecule has 1 aromatic rings. The summed E-state index contributed by atoms with van der Waals surface area (Å²) >= 11 is 0. The van der Waals surface area contributed by atoms with Crippen molar-refractivity contribution in [3.63, 3.8) is 0 Å². The van der Waals surface area contributed by atoms with Gasteiger partial charge in [0.2, 0.25) is 5.91 Å². The number of esters is 1. The van der Waals surface area contributed by atoms with Crippen molar-refractivity contribution in [3.05, 3.63) is 42.0 Å². The molecule has 2 bridgehead atoms. The monoisotopic (exact) mass is 341 g/mol. The molecule has 0 unspecified atom stereocenters. The van der Waals surface area contributed by atoms with Gasteiger partial charge in [-0.05, 0) is 31.9 Å². The van der Waals surface area contributed by atoms with Crippen LogP contribution < -0.4 is 4.90 Å². The van der Waals surface area contributed by atoms with Crippen LogP contribution in [0.4, 0.5) is 5.69 Å². The van der Waals surface area contributed by atoms with E-state index in [0.717, 1.165) is 17.7 Å². The Kier molecular flexibility index (Phi) is 3.72. The number of aryl methyl sites for hydroxylation is 1. The molecule has 5 heteroatoms. The number of carbonyl (C=O) groups is 2. The zero-order chi connectivity index (χ0) is 17.8. The van der Waals surface area contributed by atoms with Crippen molar-refractivity contribution in [2.24, 2.45) is 11.8 Å². The Balaban J connectivity index is 1.69. The predicted molar refractivity (Wildman–Crippen MR) is 93.1 cm³/mol. The Labute approximate surface area is 147 Å². The number of hydrogen-bond acceptors (Lipinski definition) is 4. The van der Waals surface area contributed by atoms with Gasteiger partial charge in [0.1, 0.15) is 11.5 Å². The number of para-hydroxylation sites is 1. The Morgan fingerprint density at radius 1 is 1.40 bits per heavy atom. The first-order chi connectivity index (χ1) is 12.0. The van der Waals surface area contributed by atoms with E-state index in [1.165, 1.54) is 0 Å². The average Bonchev–Trinajstić information content (AvgIpc) is 3.22. The first-order valence-corrected chi connectivity index (χ1v) is 8.94. The molecule has 3 heterocycles. The van der Waals surface area contributed by atoms with Crippen LogP contribution in [-0.2, 0) is 25.5 Å². The summed E-state index contributed by atoms with van der Waals surface area (Å²) in [7, 11) is 0. The molecule has 2 saturated heterocycles. The third-order valence-corrected chi connectivity index (χ3v) is 5.39. The second-order valence-corrected chi connectivity index (χ2v) is 7.29. The molecule has 0 aromatic heterocycles. The van der Waals surface area contributed by atoms with Gasteiger partial charge in [0.25, 0.3) is 0 Å². The van der Waals surface area contributed by atoms with Crippen LogP contribution in [-0.4, -0.2) is 36.2 Å². The van der Waals surface area contributed by atoms with Gasteiger partial charge in [-0.2, -0.15) is 0 Å². The highest BCUT2D eigenvalue weighted by Gasteiger charge is 2.67. The predicted octanol–water partition coefficient (Wildman–Crippen LogP) is 2.49. The zero-order valence-electron chi connectivity index (χ0n) is 14.8. The smallest absolute Gasteiger partial charge is 0.313 e. The fourth-order valence-electron chi connectivity index (χ4n) is 4.36. The molecule has 3 aliphatic heterocycles.